The van der Waals surface area contributed by atoms with Crippen molar-refractivity contribution >= 4 is 40.9 Å². The van der Waals surface area contributed by atoms with Gasteiger partial charge in [0.15, 0.2) is 0 Å². The number of carboxylic acid groups (broad SMARTS) is 1. The summed E-state index contributed by atoms with van der Waals surface area (Å²) in [6.45, 7) is 0. The van der Waals surface area contributed by atoms with E-state index in [9.17, 15) is 9.90 Å². The third kappa shape index (κ3) is 2.03. The van der Waals surface area contributed by atoms with E-state index in [1.807, 2.05) is 0 Å². The molecule has 0 aliphatic carbocycles. The van der Waals surface area contributed by atoms with Gasteiger partial charge < -0.3 is 10.2 Å². The van der Waals surface area contributed by atoms with Crippen LogP contribution in [0.1, 0.15) is 10.4 Å². The van der Waals surface area contributed by atoms with Crippen LogP contribution in [0.25, 0.3) is 10.9 Å². The van der Waals surface area contributed by atoms with Crippen molar-refractivity contribution in [2.45, 2.75) is 0 Å². The lowest BCUT2D eigenvalue weighted by atomic mass is 10.1. The van der Waals surface area contributed by atoms with Crippen molar-refractivity contribution in [3.8, 4) is 5.75 Å². The lowest BCUT2D eigenvalue weighted by Gasteiger charge is -2.03. The van der Waals surface area contributed by atoms with Gasteiger partial charge in [-0.3, -0.25) is 4.98 Å². The summed E-state index contributed by atoms with van der Waals surface area (Å²) in [5, 5.41) is 19.3. The lowest BCUT2D eigenvalue weighted by molar-refractivity contribution is 0.0693. The first-order valence-corrected chi connectivity index (χ1v) is 4.48. The minimum atomic E-state index is -1.21. The summed E-state index contributed by atoms with van der Waals surface area (Å²) in [7, 11) is 0. The van der Waals surface area contributed by atoms with E-state index in [4.69, 9.17) is 16.7 Å². The van der Waals surface area contributed by atoms with Crippen LogP contribution in [0.5, 0.6) is 5.75 Å². The second-order valence-electron chi connectivity index (χ2n) is 2.99. The van der Waals surface area contributed by atoms with Crippen molar-refractivity contribution < 1.29 is 15.0 Å². The zero-order valence-corrected chi connectivity index (χ0v) is 9.42. The molecular weight excluding hydrogens is 253 g/mol. The van der Waals surface area contributed by atoms with Crippen LogP contribution in [0.4, 0.5) is 0 Å². The van der Waals surface area contributed by atoms with Crippen LogP contribution in [0, 0.1) is 0 Å². The van der Waals surface area contributed by atoms with Gasteiger partial charge in [-0.1, -0.05) is 11.6 Å². The van der Waals surface area contributed by atoms with E-state index in [1.54, 1.807) is 12.1 Å². The summed E-state index contributed by atoms with van der Waals surface area (Å²) in [6, 6.07) is 4.66. The lowest BCUT2D eigenvalue weighted by Crippen LogP contribution is -1.98. The number of hydrogen-bond donors (Lipinski definition) is 2. The maximum absolute atomic E-state index is 10.7. The number of carboxylic acids is 1. The minimum Gasteiger partial charge on any atom is -0.506 e. The fourth-order valence-electron chi connectivity index (χ4n) is 1.31. The molecule has 2 rings (SSSR count). The highest BCUT2D eigenvalue weighted by atomic mass is 35.5. The molecule has 16 heavy (non-hydrogen) atoms. The van der Waals surface area contributed by atoms with Gasteiger partial charge in [0.05, 0.1) is 5.52 Å². The molecule has 0 atom stereocenters. The molecule has 0 bridgehead atoms. The zero-order valence-electron chi connectivity index (χ0n) is 7.85. The van der Waals surface area contributed by atoms with E-state index in [-0.39, 0.29) is 23.7 Å². The average Bonchev–Trinajstić information content (AvgIpc) is 2.17. The largest absolute Gasteiger partial charge is 0.506 e. The Morgan fingerprint density at radius 3 is 2.69 bits per heavy atom. The molecule has 0 amide bonds. The van der Waals surface area contributed by atoms with Gasteiger partial charge in [0.1, 0.15) is 11.3 Å². The summed E-state index contributed by atoms with van der Waals surface area (Å²) in [5.41, 5.74) is 0.245. The van der Waals surface area contributed by atoms with Crippen LogP contribution in [0.2, 0.25) is 5.02 Å². The number of hydrogen-bond acceptors (Lipinski definition) is 3. The predicted molar refractivity (Wildman–Crippen MR) is 62.6 cm³/mol. The molecule has 4 nitrogen and oxygen atoms in total. The first kappa shape index (κ1) is 12.5. The number of fused-ring (bicyclic) bond motifs is 1. The van der Waals surface area contributed by atoms with Gasteiger partial charge in [-0.2, -0.15) is 0 Å². The highest BCUT2D eigenvalue weighted by Crippen LogP contribution is 2.28. The number of aromatic hydroxyl groups is 1. The molecule has 0 aliphatic heterocycles. The van der Waals surface area contributed by atoms with Crippen molar-refractivity contribution in [2.24, 2.45) is 0 Å². The number of pyridine rings is 1. The number of benzene rings is 1. The number of halogens is 2. The summed E-state index contributed by atoms with van der Waals surface area (Å²) in [6.07, 6.45) is 1.11. The minimum absolute atomic E-state index is 0. The quantitative estimate of drug-likeness (QED) is 0.826. The van der Waals surface area contributed by atoms with Gasteiger partial charge in [-0.05, 0) is 18.2 Å². The normalized spacial score (nSPS) is 9.81. The molecule has 0 radical (unpaired) electrons. The molecule has 6 heteroatoms. The average molecular weight is 260 g/mol. The van der Waals surface area contributed by atoms with Gasteiger partial charge in [-0.25, -0.2) is 4.79 Å². The maximum Gasteiger partial charge on any atom is 0.341 e. The SMILES string of the molecule is Cl.O=C(O)c1cnc2cc(Cl)ccc2c1O. The van der Waals surface area contributed by atoms with E-state index >= 15 is 0 Å². The molecule has 2 N–H and O–H groups in total. The highest BCUT2D eigenvalue weighted by Gasteiger charge is 2.13. The molecular formula is C10H7Cl2NO3. The molecule has 0 aliphatic rings. The molecule has 0 saturated carbocycles. The Hall–Kier alpha value is -1.52. The van der Waals surface area contributed by atoms with Gasteiger partial charge in [0.2, 0.25) is 0 Å². The van der Waals surface area contributed by atoms with Crippen molar-refractivity contribution in [3.05, 3.63) is 35.0 Å². The fourth-order valence-corrected chi connectivity index (χ4v) is 1.48. The number of aromatic carboxylic acids is 1. The Kier molecular flexibility index (Phi) is 3.57. The van der Waals surface area contributed by atoms with Gasteiger partial charge >= 0.3 is 5.97 Å². The maximum atomic E-state index is 10.7. The van der Waals surface area contributed by atoms with Crippen LogP contribution in [0.15, 0.2) is 24.4 Å². The Morgan fingerprint density at radius 2 is 2.06 bits per heavy atom. The van der Waals surface area contributed by atoms with E-state index in [0.29, 0.717) is 15.9 Å². The smallest absolute Gasteiger partial charge is 0.341 e. The Balaban J connectivity index is 0.00000128. The van der Waals surface area contributed by atoms with E-state index < -0.39 is 5.97 Å². The van der Waals surface area contributed by atoms with E-state index in [2.05, 4.69) is 4.98 Å². The monoisotopic (exact) mass is 259 g/mol. The van der Waals surface area contributed by atoms with Crippen LogP contribution in [-0.2, 0) is 0 Å². The van der Waals surface area contributed by atoms with Crippen molar-refractivity contribution in [2.75, 3.05) is 0 Å². The number of carbonyl (C=O) groups is 1. The summed E-state index contributed by atoms with van der Waals surface area (Å²) in [5.74, 6) is -1.50. The Morgan fingerprint density at radius 1 is 1.38 bits per heavy atom. The predicted octanol–water partition coefficient (Wildman–Crippen LogP) is 2.71. The second-order valence-corrected chi connectivity index (χ2v) is 3.42. The molecule has 2 aromatic rings. The zero-order chi connectivity index (χ0) is 11.0. The molecule has 0 fully saturated rings. The van der Waals surface area contributed by atoms with Crippen LogP contribution < -0.4 is 0 Å². The fraction of sp³-hybridized carbons (Fsp3) is 0. The molecule has 1 heterocycles. The van der Waals surface area contributed by atoms with Gasteiger partial charge in [0.25, 0.3) is 0 Å². The van der Waals surface area contributed by atoms with Gasteiger partial charge in [-0.15, -0.1) is 12.4 Å². The number of nitrogens with zero attached hydrogens (tertiary/aromatic N) is 1. The third-order valence-electron chi connectivity index (χ3n) is 2.03. The molecule has 1 aromatic heterocycles. The van der Waals surface area contributed by atoms with Crippen LogP contribution in [-0.4, -0.2) is 21.2 Å². The topological polar surface area (TPSA) is 70.4 Å². The summed E-state index contributed by atoms with van der Waals surface area (Å²) < 4.78 is 0. The molecule has 0 unspecified atom stereocenters. The highest BCUT2D eigenvalue weighted by molar-refractivity contribution is 6.31. The van der Waals surface area contributed by atoms with Crippen molar-refractivity contribution in [1.82, 2.24) is 4.98 Å². The third-order valence-corrected chi connectivity index (χ3v) is 2.27. The molecule has 0 saturated heterocycles. The standard InChI is InChI=1S/C10H6ClNO3.ClH/c11-5-1-2-6-8(3-5)12-4-7(9(6)13)10(14)15;/h1-4H,(H,12,13)(H,14,15);1H. The number of aromatic nitrogens is 1. The van der Waals surface area contributed by atoms with Crippen LogP contribution in [0.3, 0.4) is 0 Å². The van der Waals surface area contributed by atoms with Crippen molar-refractivity contribution in [1.29, 1.82) is 0 Å². The molecule has 1 aromatic carbocycles. The van der Waals surface area contributed by atoms with Gasteiger partial charge in [0, 0.05) is 16.6 Å². The summed E-state index contributed by atoms with van der Waals surface area (Å²) >= 11 is 5.74. The molecule has 0 spiro atoms. The Labute approximate surface area is 102 Å². The first-order chi connectivity index (χ1) is 7.09. The second kappa shape index (κ2) is 4.55. The number of rotatable bonds is 1. The van der Waals surface area contributed by atoms with E-state index in [0.717, 1.165) is 6.20 Å². The summed E-state index contributed by atoms with van der Waals surface area (Å²) in [4.78, 5) is 14.6. The van der Waals surface area contributed by atoms with E-state index in [1.165, 1.54) is 6.07 Å². The van der Waals surface area contributed by atoms with Crippen molar-refractivity contribution in [3.63, 3.8) is 0 Å². The Bertz CT molecular complexity index is 557. The first-order valence-electron chi connectivity index (χ1n) is 4.10. The van der Waals surface area contributed by atoms with Crippen LogP contribution >= 0.6 is 24.0 Å². The molecule has 84 valence electrons.